The fraction of sp³-hybridized carbons (Fsp3) is 0.977. The van der Waals surface area contributed by atoms with E-state index in [1.54, 1.807) is 4.90 Å². The summed E-state index contributed by atoms with van der Waals surface area (Å²) >= 11 is 0. The molecular formula is C43H71N3O6. The van der Waals surface area contributed by atoms with E-state index in [0.29, 0.717) is 34.5 Å². The average Bonchev–Trinajstić information content (AvgIpc) is 3.68. The molecule has 4 heterocycles. The van der Waals surface area contributed by atoms with Crippen molar-refractivity contribution in [2.75, 3.05) is 59.5 Å². The molecule has 9 fully saturated rings. The molecule has 4 saturated heterocycles. The van der Waals surface area contributed by atoms with Gasteiger partial charge in [0.05, 0.1) is 31.0 Å². The number of ether oxygens (including phenoxy) is 4. The Kier molecular flexibility index (Phi) is 8.82. The van der Waals surface area contributed by atoms with Gasteiger partial charge in [-0.25, -0.2) is 4.79 Å². The summed E-state index contributed by atoms with van der Waals surface area (Å²) in [7, 11) is 2.22. The molecule has 0 radical (unpaired) electrons. The molecule has 9 aliphatic rings. The summed E-state index contributed by atoms with van der Waals surface area (Å²) < 4.78 is 26.6. The lowest BCUT2D eigenvalue weighted by molar-refractivity contribution is -0.249. The Balaban J connectivity index is 0.912. The van der Waals surface area contributed by atoms with Gasteiger partial charge in [0.25, 0.3) is 0 Å². The highest BCUT2D eigenvalue weighted by Gasteiger charge is 2.84. The zero-order valence-electron chi connectivity index (χ0n) is 33.8. The number of likely N-dealkylation sites (tertiary alicyclic amines) is 2. The normalized spacial score (nSPS) is 50.5. The molecule has 9 heteroatoms. The largest absolute Gasteiger partial charge is 0.443 e. The van der Waals surface area contributed by atoms with E-state index in [2.05, 4.69) is 65.3 Å². The molecule has 1 amide bonds. The molecule has 14 atom stereocenters. The van der Waals surface area contributed by atoms with E-state index in [4.69, 9.17) is 18.9 Å². The third kappa shape index (κ3) is 5.09. The Hall–Kier alpha value is -0.970. The maximum atomic E-state index is 13.0. The Morgan fingerprint density at radius 3 is 2.38 bits per heavy atom. The van der Waals surface area contributed by atoms with Gasteiger partial charge in [-0.05, 0) is 122 Å². The van der Waals surface area contributed by atoms with E-state index >= 15 is 0 Å². The number of morpholine rings is 1. The number of aliphatic hydroxyl groups excluding tert-OH is 1. The molecule has 4 aliphatic heterocycles. The number of aliphatic hydroxyl groups is 1. The van der Waals surface area contributed by atoms with Crippen LogP contribution >= 0.6 is 0 Å². The quantitative estimate of drug-likeness (QED) is 0.329. The van der Waals surface area contributed by atoms with Crippen LogP contribution in [0.3, 0.4) is 0 Å². The minimum Gasteiger partial charge on any atom is -0.443 e. The van der Waals surface area contributed by atoms with Gasteiger partial charge >= 0.3 is 6.09 Å². The molecule has 0 unspecified atom stereocenters. The smallest absolute Gasteiger partial charge is 0.410 e. The van der Waals surface area contributed by atoms with Crippen molar-refractivity contribution in [3.63, 3.8) is 0 Å². The van der Waals surface area contributed by atoms with Crippen molar-refractivity contribution in [3.05, 3.63) is 0 Å². The summed E-state index contributed by atoms with van der Waals surface area (Å²) in [6, 6.07) is 0. The van der Waals surface area contributed by atoms with E-state index in [-0.39, 0.29) is 59.0 Å². The topological polar surface area (TPSA) is 83.9 Å². The van der Waals surface area contributed by atoms with Crippen LogP contribution in [0.4, 0.5) is 4.79 Å². The van der Waals surface area contributed by atoms with Crippen LogP contribution in [0.25, 0.3) is 0 Å². The maximum Gasteiger partial charge on any atom is 0.410 e. The minimum atomic E-state index is -0.512. The first-order valence-corrected chi connectivity index (χ1v) is 21.6. The van der Waals surface area contributed by atoms with Crippen molar-refractivity contribution < 1.29 is 28.8 Å². The van der Waals surface area contributed by atoms with Crippen molar-refractivity contribution in [2.45, 2.75) is 143 Å². The van der Waals surface area contributed by atoms with Gasteiger partial charge in [-0.3, -0.25) is 4.90 Å². The highest BCUT2D eigenvalue weighted by Crippen LogP contribution is 2.89. The molecule has 0 aromatic carbocycles. The summed E-state index contributed by atoms with van der Waals surface area (Å²) in [5.41, 5.74) is 0.570. The van der Waals surface area contributed by atoms with E-state index < -0.39 is 6.10 Å². The second-order valence-corrected chi connectivity index (χ2v) is 21.3. The third-order valence-corrected chi connectivity index (χ3v) is 18.2. The summed E-state index contributed by atoms with van der Waals surface area (Å²) in [5.74, 6) is 2.79. The fourth-order valence-electron chi connectivity index (χ4n) is 15.5. The Morgan fingerprint density at radius 1 is 0.962 bits per heavy atom. The predicted molar refractivity (Wildman–Crippen MR) is 199 cm³/mol. The number of rotatable bonds is 7. The SMILES string of the molecule is CC(C)[C@@H](OC(=O)N1CCC1)[C@H]1C[C@@H](C)[C@H]2[C@H](O1)[C@H](O)[C@@]1(C)[C@@H]3CC[C@H]4C(C)(C)[C@@H](O[C@H]5CN(CC6CN(C)C6)CCO5)CC[C@@]45C[C@@]35CC[C@]21C. The standard InChI is InChI=1S/C43H71N3O6/c1-26(2)35(52-38(48)46-16-9-17-46)29-20-27(3)34-36(50-29)37(47)41(7)31-11-10-30-39(4,5)32(12-13-42(30)25-43(31,42)15-14-40(34,41)6)51-33-24-45(18-19-49-33)23-28-21-44(8)22-28/h26-37,47H,9-25H2,1-8H3/t27-,29-,30+,31+,32+,33+,34+,35-,36+,37+,40-,41-,42-,43+/m1/s1. The van der Waals surface area contributed by atoms with Crippen LogP contribution in [0.5, 0.6) is 0 Å². The van der Waals surface area contributed by atoms with Crippen LogP contribution in [-0.4, -0.2) is 122 Å². The van der Waals surface area contributed by atoms with Gasteiger partial charge in [-0.15, -0.1) is 0 Å². The Bertz CT molecular complexity index is 1380. The second-order valence-electron chi connectivity index (χ2n) is 21.3. The van der Waals surface area contributed by atoms with Gasteiger partial charge in [0.2, 0.25) is 0 Å². The third-order valence-electron chi connectivity index (χ3n) is 18.2. The monoisotopic (exact) mass is 726 g/mol. The van der Waals surface area contributed by atoms with Gasteiger partial charge in [0.1, 0.15) is 6.10 Å². The lowest BCUT2D eigenvalue weighted by atomic mass is 9.41. The molecule has 1 N–H and O–H groups in total. The molecule has 5 saturated carbocycles. The number of nitrogens with zero attached hydrogens (tertiary/aromatic N) is 3. The number of hydrogen-bond donors (Lipinski definition) is 1. The average molecular weight is 726 g/mol. The molecule has 0 aromatic rings. The zero-order chi connectivity index (χ0) is 36.6. The van der Waals surface area contributed by atoms with Gasteiger partial charge in [0.15, 0.2) is 6.29 Å². The summed E-state index contributed by atoms with van der Waals surface area (Å²) in [4.78, 5) is 19.8. The van der Waals surface area contributed by atoms with Crippen molar-refractivity contribution in [3.8, 4) is 0 Å². The second kappa shape index (κ2) is 12.5. The van der Waals surface area contributed by atoms with E-state index in [9.17, 15) is 9.90 Å². The molecular weight excluding hydrogens is 654 g/mol. The zero-order valence-corrected chi connectivity index (χ0v) is 33.8. The molecule has 9 nitrogen and oxygen atoms in total. The highest BCUT2D eigenvalue weighted by atomic mass is 16.7. The predicted octanol–water partition coefficient (Wildman–Crippen LogP) is 6.27. The van der Waals surface area contributed by atoms with Gasteiger partial charge in [-0.1, -0.05) is 48.5 Å². The number of hydrogen-bond acceptors (Lipinski definition) is 8. The van der Waals surface area contributed by atoms with Crippen LogP contribution in [0.2, 0.25) is 0 Å². The van der Waals surface area contributed by atoms with E-state index in [0.717, 1.165) is 64.5 Å². The molecule has 5 aliphatic carbocycles. The van der Waals surface area contributed by atoms with E-state index in [1.807, 2.05) is 0 Å². The molecule has 0 aromatic heterocycles. The van der Waals surface area contributed by atoms with Crippen molar-refractivity contribution in [2.24, 2.45) is 62.6 Å². The van der Waals surface area contributed by atoms with E-state index in [1.165, 1.54) is 51.6 Å². The Morgan fingerprint density at radius 2 is 1.69 bits per heavy atom. The van der Waals surface area contributed by atoms with Crippen molar-refractivity contribution >= 4 is 6.09 Å². The molecule has 294 valence electrons. The summed E-state index contributed by atoms with van der Waals surface area (Å²) in [6.45, 7) is 24.6. The minimum absolute atomic E-state index is 0.0184. The van der Waals surface area contributed by atoms with Crippen LogP contribution in [0, 0.1) is 62.6 Å². The fourth-order valence-corrected chi connectivity index (χ4v) is 15.5. The van der Waals surface area contributed by atoms with Crippen LogP contribution in [0.1, 0.15) is 106 Å². The van der Waals surface area contributed by atoms with Crippen molar-refractivity contribution in [1.29, 1.82) is 0 Å². The molecule has 52 heavy (non-hydrogen) atoms. The van der Waals surface area contributed by atoms with Gasteiger partial charge < -0.3 is 33.9 Å². The van der Waals surface area contributed by atoms with Crippen LogP contribution < -0.4 is 0 Å². The first kappa shape index (κ1) is 36.7. The first-order chi connectivity index (χ1) is 24.6. The highest BCUT2D eigenvalue weighted by molar-refractivity contribution is 5.68. The number of fused-ring (bicyclic) bond motifs is 4. The lowest BCUT2D eigenvalue weighted by Gasteiger charge is -2.64. The molecule has 9 rings (SSSR count). The molecule has 2 spiro atoms. The van der Waals surface area contributed by atoms with Crippen molar-refractivity contribution in [1.82, 2.24) is 14.7 Å². The Labute approximate surface area is 314 Å². The molecule has 0 bridgehead atoms. The van der Waals surface area contributed by atoms with Crippen LogP contribution in [0.15, 0.2) is 0 Å². The summed E-state index contributed by atoms with van der Waals surface area (Å²) in [5, 5.41) is 12.7. The number of carbonyl (C=O) groups is 1. The van der Waals surface area contributed by atoms with Gasteiger partial charge in [-0.2, -0.15) is 0 Å². The first-order valence-electron chi connectivity index (χ1n) is 21.6. The summed E-state index contributed by atoms with van der Waals surface area (Å²) in [6.07, 6.45) is 9.17. The number of carbonyl (C=O) groups excluding carboxylic acids is 1. The van der Waals surface area contributed by atoms with Crippen LogP contribution in [-0.2, 0) is 18.9 Å². The number of amides is 1. The maximum absolute atomic E-state index is 13.0. The van der Waals surface area contributed by atoms with Gasteiger partial charge in [0, 0.05) is 51.2 Å². The lowest BCUT2D eigenvalue weighted by Crippen LogP contribution is -2.60.